The summed E-state index contributed by atoms with van der Waals surface area (Å²) in [6.45, 7) is 2.78. The fourth-order valence-electron chi connectivity index (χ4n) is 2.98. The molecule has 3 heterocycles. The molecule has 8 nitrogen and oxygen atoms in total. The molecule has 2 aliphatic heterocycles. The van der Waals surface area contributed by atoms with Crippen LogP contribution in [0, 0.1) is 0 Å². The summed E-state index contributed by atoms with van der Waals surface area (Å²) < 4.78 is 24.7. The molecule has 0 radical (unpaired) electrons. The Bertz CT molecular complexity index is 676. The number of hydrazine groups is 1. The number of amides is 1. The number of carbonyl (C=O) groups is 1. The van der Waals surface area contributed by atoms with Crippen LogP contribution in [0.5, 0.6) is 0 Å². The van der Waals surface area contributed by atoms with E-state index in [1.165, 1.54) is 6.42 Å². The third-order valence-electron chi connectivity index (χ3n) is 4.04. The maximum absolute atomic E-state index is 12.5. The van der Waals surface area contributed by atoms with Crippen LogP contribution >= 0.6 is 0 Å². The molecule has 3 rings (SSSR count). The lowest BCUT2D eigenvalue weighted by Crippen LogP contribution is -2.45. The fourth-order valence-corrected chi connectivity index (χ4v) is 3.81. The zero-order valence-corrected chi connectivity index (χ0v) is 13.4. The number of nitrogens with one attached hydrogen (secondary N) is 2. The van der Waals surface area contributed by atoms with Crippen molar-refractivity contribution in [1.29, 1.82) is 0 Å². The highest BCUT2D eigenvalue weighted by atomic mass is 32.2. The average Bonchev–Trinajstić information content (AvgIpc) is 2.88. The van der Waals surface area contributed by atoms with Crippen molar-refractivity contribution < 1.29 is 13.2 Å². The highest BCUT2D eigenvalue weighted by Crippen LogP contribution is 2.20. The minimum absolute atomic E-state index is 0.207. The molecule has 2 aliphatic rings. The molecule has 0 aliphatic carbocycles. The first kappa shape index (κ1) is 15.4. The zero-order valence-electron chi connectivity index (χ0n) is 12.6. The summed E-state index contributed by atoms with van der Waals surface area (Å²) in [7, 11) is -3.51. The van der Waals surface area contributed by atoms with E-state index in [-0.39, 0.29) is 11.6 Å². The second-order valence-electron chi connectivity index (χ2n) is 5.80. The van der Waals surface area contributed by atoms with Gasteiger partial charge in [0, 0.05) is 38.2 Å². The van der Waals surface area contributed by atoms with Crippen LogP contribution in [0.3, 0.4) is 0 Å². The summed E-state index contributed by atoms with van der Waals surface area (Å²) in [5.41, 5.74) is 4.35. The highest BCUT2D eigenvalue weighted by Gasteiger charge is 2.29. The predicted octanol–water partition coefficient (Wildman–Crippen LogP) is -0.533. The number of fused-ring (bicyclic) bond motifs is 1. The van der Waals surface area contributed by atoms with Crippen molar-refractivity contribution in [2.45, 2.75) is 32.2 Å². The van der Waals surface area contributed by atoms with E-state index in [0.717, 1.165) is 36.3 Å². The molecule has 1 fully saturated rings. The first-order valence-electron chi connectivity index (χ1n) is 7.55. The molecule has 9 heteroatoms. The quantitative estimate of drug-likeness (QED) is 0.774. The number of hydrogen-bond donors (Lipinski definition) is 2. The van der Waals surface area contributed by atoms with E-state index in [1.807, 2.05) is 5.01 Å². The highest BCUT2D eigenvalue weighted by molar-refractivity contribution is 7.89. The van der Waals surface area contributed by atoms with E-state index in [1.54, 1.807) is 0 Å². The number of carbonyl (C=O) groups excluding carboxylic acids is 1. The third-order valence-corrected chi connectivity index (χ3v) is 4.97. The second-order valence-corrected chi connectivity index (χ2v) is 7.61. The Balaban J connectivity index is 1.89. The van der Waals surface area contributed by atoms with Gasteiger partial charge in [-0.05, 0) is 12.8 Å². The maximum Gasteiger partial charge on any atom is 0.286 e. The molecule has 0 aromatic carbocycles. The second kappa shape index (κ2) is 5.98. The predicted molar refractivity (Wildman–Crippen MR) is 80.8 cm³/mol. The Morgan fingerprint density at radius 3 is 2.68 bits per heavy atom. The van der Waals surface area contributed by atoms with Crippen molar-refractivity contribution in [3.63, 3.8) is 0 Å². The summed E-state index contributed by atoms with van der Waals surface area (Å²) >= 11 is 0. The average molecular weight is 327 g/mol. The third kappa shape index (κ3) is 3.01. The van der Waals surface area contributed by atoms with Gasteiger partial charge in [0.05, 0.1) is 11.9 Å². The number of piperidine rings is 1. The van der Waals surface area contributed by atoms with Crippen LogP contribution in [0.1, 0.15) is 41.0 Å². The fraction of sp³-hybridized carbons (Fsp3) is 0.692. The van der Waals surface area contributed by atoms with Gasteiger partial charge in [-0.1, -0.05) is 6.42 Å². The molecule has 0 atom stereocenters. The van der Waals surface area contributed by atoms with Gasteiger partial charge < -0.3 is 5.32 Å². The number of aromatic nitrogens is 2. The topological polar surface area (TPSA) is 96.3 Å². The van der Waals surface area contributed by atoms with Crippen LogP contribution in [0.15, 0.2) is 0 Å². The SMILES string of the molecule is CS(=O)(=O)n1nc(C(=O)NN2CCCCC2)c2c1CCNC2. The Hall–Kier alpha value is -1.45. The van der Waals surface area contributed by atoms with Crippen molar-refractivity contribution in [3.8, 4) is 0 Å². The maximum atomic E-state index is 12.5. The van der Waals surface area contributed by atoms with Crippen LogP contribution in [0.2, 0.25) is 0 Å². The zero-order chi connectivity index (χ0) is 15.7. The molecule has 0 unspecified atom stereocenters. The molecule has 1 aromatic rings. The summed E-state index contributed by atoms with van der Waals surface area (Å²) in [4.78, 5) is 12.5. The van der Waals surface area contributed by atoms with Gasteiger partial charge in [0.25, 0.3) is 15.9 Å². The molecule has 0 saturated carbocycles. The molecular weight excluding hydrogens is 306 g/mol. The standard InChI is InChI=1S/C13H21N5O3S/c1-22(20,21)18-11-5-6-14-9-10(11)12(15-18)13(19)16-17-7-3-2-4-8-17/h14H,2-9H2,1H3,(H,16,19). The largest absolute Gasteiger partial charge is 0.312 e. The molecule has 1 amide bonds. The van der Waals surface area contributed by atoms with E-state index in [9.17, 15) is 13.2 Å². The van der Waals surface area contributed by atoms with Gasteiger partial charge in [0.2, 0.25) is 0 Å². The lowest BCUT2D eigenvalue weighted by Gasteiger charge is -2.26. The molecule has 122 valence electrons. The molecule has 1 saturated heterocycles. The number of hydrogen-bond acceptors (Lipinski definition) is 6. The van der Waals surface area contributed by atoms with Gasteiger partial charge in [0.15, 0.2) is 5.69 Å². The summed E-state index contributed by atoms with van der Waals surface area (Å²) in [5, 5.41) is 9.12. The van der Waals surface area contributed by atoms with Gasteiger partial charge in [-0.25, -0.2) is 13.4 Å². The molecule has 22 heavy (non-hydrogen) atoms. The minimum atomic E-state index is -3.51. The Morgan fingerprint density at radius 1 is 1.27 bits per heavy atom. The molecule has 0 spiro atoms. The van der Waals surface area contributed by atoms with Crippen LogP contribution < -0.4 is 10.7 Å². The van der Waals surface area contributed by atoms with Crippen LogP contribution in [0.25, 0.3) is 0 Å². The van der Waals surface area contributed by atoms with Crippen LogP contribution in [-0.4, -0.2) is 54.4 Å². The van der Waals surface area contributed by atoms with Crippen molar-refractivity contribution in [1.82, 2.24) is 24.9 Å². The Kier molecular flexibility index (Phi) is 4.20. The van der Waals surface area contributed by atoms with Crippen molar-refractivity contribution in [3.05, 3.63) is 17.0 Å². The lowest BCUT2D eigenvalue weighted by atomic mass is 10.1. The van der Waals surface area contributed by atoms with E-state index >= 15 is 0 Å². The normalized spacial score (nSPS) is 19.7. The molecular formula is C13H21N5O3S. The minimum Gasteiger partial charge on any atom is -0.312 e. The number of rotatable bonds is 3. The van der Waals surface area contributed by atoms with Crippen LogP contribution in [-0.2, 0) is 23.0 Å². The summed E-state index contributed by atoms with van der Waals surface area (Å²) in [6, 6.07) is 0. The monoisotopic (exact) mass is 327 g/mol. The summed E-state index contributed by atoms with van der Waals surface area (Å²) in [5.74, 6) is -0.329. The van der Waals surface area contributed by atoms with Gasteiger partial charge in [-0.15, -0.1) is 0 Å². The first-order chi connectivity index (χ1) is 10.5. The smallest absolute Gasteiger partial charge is 0.286 e. The van der Waals surface area contributed by atoms with Gasteiger partial charge in [0.1, 0.15) is 0 Å². The van der Waals surface area contributed by atoms with Crippen molar-refractivity contribution in [2.24, 2.45) is 0 Å². The van der Waals surface area contributed by atoms with E-state index in [4.69, 9.17) is 0 Å². The van der Waals surface area contributed by atoms with Crippen LogP contribution in [0.4, 0.5) is 0 Å². The lowest BCUT2D eigenvalue weighted by molar-refractivity contribution is 0.0743. The van der Waals surface area contributed by atoms with E-state index in [2.05, 4.69) is 15.8 Å². The Morgan fingerprint density at radius 2 is 2.00 bits per heavy atom. The Labute approximate surface area is 129 Å². The number of nitrogens with zero attached hydrogens (tertiary/aromatic N) is 3. The van der Waals surface area contributed by atoms with Crippen molar-refractivity contribution in [2.75, 3.05) is 25.9 Å². The van der Waals surface area contributed by atoms with E-state index in [0.29, 0.717) is 30.8 Å². The molecule has 1 aromatic heterocycles. The van der Waals surface area contributed by atoms with E-state index < -0.39 is 10.0 Å². The first-order valence-corrected chi connectivity index (χ1v) is 9.39. The molecule has 0 bridgehead atoms. The van der Waals surface area contributed by atoms with Gasteiger partial charge in [-0.3, -0.25) is 10.2 Å². The van der Waals surface area contributed by atoms with Gasteiger partial charge >= 0.3 is 0 Å². The van der Waals surface area contributed by atoms with Crippen molar-refractivity contribution >= 4 is 15.9 Å². The molecule has 2 N–H and O–H groups in total. The van der Waals surface area contributed by atoms with Gasteiger partial charge in [-0.2, -0.15) is 9.19 Å². The summed E-state index contributed by atoms with van der Waals surface area (Å²) in [6.07, 6.45) is 4.94.